The van der Waals surface area contributed by atoms with Crippen molar-refractivity contribution in [2.45, 2.75) is 26.3 Å². The van der Waals surface area contributed by atoms with Gasteiger partial charge in [0.2, 0.25) is 15.9 Å². The minimum atomic E-state index is -3.76. The molecule has 2 rings (SSSR count). The largest absolute Gasteiger partial charge is 0.363 e. The Balaban J connectivity index is 2.14. The minimum Gasteiger partial charge on any atom is -0.363 e. The summed E-state index contributed by atoms with van der Waals surface area (Å²) in [6.07, 6.45) is 3.41. The SMILES string of the molecule is CCC(C)N(CC(=O)Nc1ccon1)S(=O)(=O)/C=C/c1ccccc1. The molecule has 0 saturated heterocycles. The van der Waals surface area contributed by atoms with Gasteiger partial charge in [0.25, 0.3) is 0 Å². The molecule has 1 atom stereocenters. The average Bonchev–Trinajstić information content (AvgIpc) is 3.11. The number of sulfonamides is 1. The third kappa shape index (κ3) is 5.54. The first kappa shape index (κ1) is 18.9. The second kappa shape index (κ2) is 8.59. The van der Waals surface area contributed by atoms with Crippen LogP contribution in [0.15, 0.2) is 52.6 Å². The van der Waals surface area contributed by atoms with Crippen molar-refractivity contribution in [2.75, 3.05) is 11.9 Å². The van der Waals surface area contributed by atoms with Crippen molar-refractivity contribution in [3.8, 4) is 0 Å². The van der Waals surface area contributed by atoms with E-state index < -0.39 is 15.9 Å². The number of carbonyl (C=O) groups is 1. The van der Waals surface area contributed by atoms with E-state index in [4.69, 9.17) is 0 Å². The van der Waals surface area contributed by atoms with E-state index in [0.29, 0.717) is 6.42 Å². The van der Waals surface area contributed by atoms with Crippen LogP contribution in [0.2, 0.25) is 0 Å². The summed E-state index contributed by atoms with van der Waals surface area (Å²) < 4.78 is 31.1. The molecule has 7 nitrogen and oxygen atoms in total. The molecule has 2 aromatic rings. The maximum absolute atomic E-state index is 12.7. The summed E-state index contributed by atoms with van der Waals surface area (Å²) in [4.78, 5) is 12.1. The Morgan fingerprint density at radius 2 is 2.04 bits per heavy atom. The van der Waals surface area contributed by atoms with Crippen LogP contribution in [0, 0.1) is 0 Å². The van der Waals surface area contributed by atoms with E-state index in [9.17, 15) is 13.2 Å². The molecule has 0 spiro atoms. The highest BCUT2D eigenvalue weighted by Gasteiger charge is 2.26. The average molecular weight is 363 g/mol. The van der Waals surface area contributed by atoms with Crippen LogP contribution >= 0.6 is 0 Å². The summed E-state index contributed by atoms with van der Waals surface area (Å²) in [7, 11) is -3.76. The number of rotatable bonds is 8. The Labute approximate surface area is 147 Å². The van der Waals surface area contributed by atoms with Crippen LogP contribution in [0.4, 0.5) is 5.82 Å². The van der Waals surface area contributed by atoms with Crippen molar-refractivity contribution in [1.29, 1.82) is 0 Å². The van der Waals surface area contributed by atoms with Crippen LogP contribution in [0.5, 0.6) is 0 Å². The van der Waals surface area contributed by atoms with E-state index in [1.807, 2.05) is 25.1 Å². The summed E-state index contributed by atoms with van der Waals surface area (Å²) in [6.45, 7) is 3.32. The lowest BCUT2D eigenvalue weighted by Gasteiger charge is -2.25. The second-order valence-electron chi connectivity index (χ2n) is 5.49. The second-order valence-corrected chi connectivity index (χ2v) is 7.26. The van der Waals surface area contributed by atoms with Gasteiger partial charge in [-0.3, -0.25) is 4.79 Å². The third-order valence-corrected chi connectivity index (χ3v) is 5.27. The number of amides is 1. The molecule has 0 fully saturated rings. The number of anilines is 1. The van der Waals surface area contributed by atoms with Crippen LogP contribution in [0.3, 0.4) is 0 Å². The first-order valence-corrected chi connectivity index (χ1v) is 9.38. The standard InChI is InChI=1S/C17H21N3O4S/c1-3-14(2)20(13-17(21)18-16-9-11-24-19-16)25(22,23)12-10-15-7-5-4-6-8-15/h4-12,14H,3,13H2,1-2H3,(H,18,19,21)/b12-10+. The molecule has 1 aromatic carbocycles. The minimum absolute atomic E-state index is 0.242. The fourth-order valence-corrected chi connectivity index (χ4v) is 3.54. The Hall–Kier alpha value is -2.45. The highest BCUT2D eigenvalue weighted by Crippen LogP contribution is 2.14. The molecule has 0 radical (unpaired) electrons. The van der Waals surface area contributed by atoms with Gasteiger partial charge in [0.1, 0.15) is 6.26 Å². The summed E-state index contributed by atoms with van der Waals surface area (Å²) in [6, 6.07) is 10.3. The molecule has 1 N–H and O–H groups in total. The van der Waals surface area contributed by atoms with E-state index in [1.165, 1.54) is 22.7 Å². The lowest BCUT2D eigenvalue weighted by Crippen LogP contribution is -2.42. The molecular formula is C17H21N3O4S. The molecule has 0 aliphatic rings. The molecule has 0 aliphatic carbocycles. The van der Waals surface area contributed by atoms with Gasteiger partial charge in [-0.1, -0.05) is 42.4 Å². The smallest absolute Gasteiger partial charge is 0.240 e. The van der Waals surface area contributed by atoms with Crippen molar-refractivity contribution in [2.24, 2.45) is 0 Å². The topological polar surface area (TPSA) is 92.5 Å². The first-order chi connectivity index (χ1) is 11.9. The number of hydrogen-bond donors (Lipinski definition) is 1. The number of aromatic nitrogens is 1. The molecule has 134 valence electrons. The van der Waals surface area contributed by atoms with E-state index in [0.717, 1.165) is 11.0 Å². The van der Waals surface area contributed by atoms with Gasteiger partial charge in [0, 0.05) is 17.5 Å². The van der Waals surface area contributed by atoms with Crippen molar-refractivity contribution in [3.05, 3.63) is 53.6 Å². The number of hydrogen-bond acceptors (Lipinski definition) is 5. The lowest BCUT2D eigenvalue weighted by atomic mass is 10.2. The van der Waals surface area contributed by atoms with Crippen LogP contribution in [0.25, 0.3) is 6.08 Å². The molecule has 0 aliphatic heterocycles. The number of benzene rings is 1. The van der Waals surface area contributed by atoms with Crippen LogP contribution < -0.4 is 5.32 Å². The van der Waals surface area contributed by atoms with E-state index in [2.05, 4.69) is 15.0 Å². The molecule has 8 heteroatoms. The van der Waals surface area contributed by atoms with Gasteiger partial charge < -0.3 is 9.84 Å². The third-order valence-electron chi connectivity index (χ3n) is 3.65. The highest BCUT2D eigenvalue weighted by molar-refractivity contribution is 7.92. The van der Waals surface area contributed by atoms with E-state index >= 15 is 0 Å². The molecule has 25 heavy (non-hydrogen) atoms. The Kier molecular flexibility index (Phi) is 6.49. The predicted molar refractivity (Wildman–Crippen MR) is 96.0 cm³/mol. The van der Waals surface area contributed by atoms with Crippen molar-refractivity contribution < 1.29 is 17.7 Å². The maximum Gasteiger partial charge on any atom is 0.240 e. The number of nitrogens with zero attached hydrogens (tertiary/aromatic N) is 2. The first-order valence-electron chi connectivity index (χ1n) is 7.87. The zero-order valence-corrected chi connectivity index (χ0v) is 14.9. The lowest BCUT2D eigenvalue weighted by molar-refractivity contribution is -0.116. The zero-order valence-electron chi connectivity index (χ0n) is 14.1. The molecule has 0 bridgehead atoms. The Morgan fingerprint density at radius 3 is 2.64 bits per heavy atom. The summed E-state index contributed by atoms with van der Waals surface area (Å²) >= 11 is 0. The highest BCUT2D eigenvalue weighted by atomic mass is 32.2. The van der Waals surface area contributed by atoms with Crippen LogP contribution in [-0.2, 0) is 14.8 Å². The molecule has 1 unspecified atom stereocenters. The van der Waals surface area contributed by atoms with Gasteiger partial charge in [-0.25, -0.2) is 8.42 Å². The van der Waals surface area contributed by atoms with Gasteiger partial charge in [0.05, 0.1) is 6.54 Å². The number of carbonyl (C=O) groups excluding carboxylic acids is 1. The Bertz CT molecular complexity index is 802. The summed E-state index contributed by atoms with van der Waals surface area (Å²) in [5.41, 5.74) is 0.766. The molecular weight excluding hydrogens is 342 g/mol. The summed E-state index contributed by atoms with van der Waals surface area (Å²) in [5, 5.41) is 7.20. The van der Waals surface area contributed by atoms with Gasteiger partial charge in [-0.2, -0.15) is 4.31 Å². The molecule has 1 amide bonds. The predicted octanol–water partition coefficient (Wildman–Crippen LogP) is 2.71. The molecule has 0 saturated carbocycles. The van der Waals surface area contributed by atoms with E-state index in [1.54, 1.807) is 19.1 Å². The van der Waals surface area contributed by atoms with Crippen molar-refractivity contribution >= 4 is 27.8 Å². The number of nitrogens with one attached hydrogen (secondary N) is 1. The van der Waals surface area contributed by atoms with Gasteiger partial charge in [-0.05, 0) is 25.0 Å². The van der Waals surface area contributed by atoms with Crippen molar-refractivity contribution in [3.63, 3.8) is 0 Å². The molecule has 1 heterocycles. The van der Waals surface area contributed by atoms with Crippen molar-refractivity contribution in [1.82, 2.24) is 9.46 Å². The normalized spacial score (nSPS) is 13.2. The quantitative estimate of drug-likeness (QED) is 0.778. The van der Waals surface area contributed by atoms with Gasteiger partial charge >= 0.3 is 0 Å². The molecule has 1 aromatic heterocycles. The zero-order chi connectivity index (χ0) is 18.3. The monoisotopic (exact) mass is 363 g/mol. The van der Waals surface area contributed by atoms with Crippen LogP contribution in [0.1, 0.15) is 25.8 Å². The fraction of sp³-hybridized carbons (Fsp3) is 0.294. The maximum atomic E-state index is 12.7. The van der Waals surface area contributed by atoms with Crippen LogP contribution in [-0.4, -0.2) is 36.4 Å². The van der Waals surface area contributed by atoms with Gasteiger partial charge in [0.15, 0.2) is 5.82 Å². The van der Waals surface area contributed by atoms with E-state index in [-0.39, 0.29) is 18.4 Å². The fourth-order valence-electron chi connectivity index (χ4n) is 2.11. The Morgan fingerprint density at radius 1 is 1.32 bits per heavy atom. The summed E-state index contributed by atoms with van der Waals surface area (Å²) in [5.74, 6) is -0.239. The van der Waals surface area contributed by atoms with Gasteiger partial charge in [-0.15, -0.1) is 0 Å².